The van der Waals surface area contributed by atoms with Gasteiger partial charge in [0.1, 0.15) is 39.6 Å². The monoisotopic (exact) mass is 762 g/mol. The quantitative estimate of drug-likeness (QED) is 0.0331. The number of ether oxygens (including phenoxy) is 7. The van der Waals surface area contributed by atoms with Crippen LogP contribution >= 0.6 is 0 Å². The second-order valence-corrected chi connectivity index (χ2v) is 14.2. The van der Waals surface area contributed by atoms with Crippen LogP contribution in [0, 0.1) is 10.8 Å². The molecule has 13 nitrogen and oxygen atoms in total. The number of carbonyl (C=O) groups is 6. The molecule has 13 heteroatoms. The van der Waals surface area contributed by atoms with E-state index >= 15 is 0 Å². The highest BCUT2D eigenvalue weighted by atomic mass is 16.6. The molecule has 0 radical (unpaired) electrons. The van der Waals surface area contributed by atoms with E-state index in [-0.39, 0.29) is 40.9 Å². The lowest BCUT2D eigenvalue weighted by Gasteiger charge is -2.35. The first kappa shape index (κ1) is 49.5. The number of rotatable bonds is 30. The summed E-state index contributed by atoms with van der Waals surface area (Å²) in [4.78, 5) is 75.4. The first-order chi connectivity index (χ1) is 25.3. The average molecular weight is 763 g/mol. The Morgan fingerprint density at radius 1 is 0.389 bits per heavy atom. The molecular weight excluding hydrogens is 700 g/mol. The van der Waals surface area contributed by atoms with Gasteiger partial charge in [-0.3, -0.25) is 4.79 Å². The van der Waals surface area contributed by atoms with Crippen molar-refractivity contribution in [1.82, 2.24) is 0 Å². The van der Waals surface area contributed by atoms with Crippen LogP contribution in [0.2, 0.25) is 0 Å². The number of hydrogen-bond acceptors (Lipinski definition) is 13. The molecule has 0 saturated heterocycles. The van der Waals surface area contributed by atoms with Gasteiger partial charge in [0.15, 0.2) is 0 Å². The van der Waals surface area contributed by atoms with Crippen LogP contribution in [0.15, 0.2) is 60.8 Å². The first-order valence-corrected chi connectivity index (χ1v) is 18.2. The van der Waals surface area contributed by atoms with Crippen LogP contribution < -0.4 is 0 Å². The first-order valence-electron chi connectivity index (χ1n) is 18.2. The van der Waals surface area contributed by atoms with Gasteiger partial charge in [0.05, 0.1) is 24.0 Å². The Morgan fingerprint density at radius 2 is 0.648 bits per heavy atom. The normalized spacial score (nSPS) is 11.1. The minimum atomic E-state index is -1.51. The Bertz CT molecular complexity index is 1250. The van der Waals surface area contributed by atoms with Gasteiger partial charge in [-0.2, -0.15) is 0 Å². The largest absolute Gasteiger partial charge is 0.465 e. The summed E-state index contributed by atoms with van der Waals surface area (Å²) in [6.45, 7) is 23.8. The summed E-state index contributed by atoms with van der Waals surface area (Å²) in [5, 5.41) is 0. The summed E-state index contributed by atoms with van der Waals surface area (Å²) in [6, 6.07) is 0. The Kier molecular flexibility index (Phi) is 24.1. The smallest absolute Gasteiger partial charge is 0.333 e. The third kappa shape index (κ3) is 21.2. The summed E-state index contributed by atoms with van der Waals surface area (Å²) in [5.41, 5.74) is -2.57. The summed E-state index contributed by atoms with van der Waals surface area (Å²) in [5.74, 6) is -4.33. The summed E-state index contributed by atoms with van der Waals surface area (Å²) in [6.07, 6.45) is 8.40. The zero-order chi connectivity index (χ0) is 41.3. The van der Waals surface area contributed by atoms with E-state index in [0.717, 1.165) is 25.7 Å². The molecule has 0 aromatic heterocycles. The lowest BCUT2D eigenvalue weighted by molar-refractivity contribution is -0.171. The summed E-state index contributed by atoms with van der Waals surface area (Å²) >= 11 is 0. The number of esters is 6. The van der Waals surface area contributed by atoms with Crippen molar-refractivity contribution in [2.24, 2.45) is 10.8 Å². The molecule has 0 amide bonds. The minimum absolute atomic E-state index is 0.0779. The van der Waals surface area contributed by atoms with Crippen LogP contribution in [0.4, 0.5) is 0 Å². The van der Waals surface area contributed by atoms with Crippen LogP contribution in [-0.4, -0.2) is 88.7 Å². The fourth-order valence-electron chi connectivity index (χ4n) is 4.40. The van der Waals surface area contributed by atoms with Crippen molar-refractivity contribution < 1.29 is 61.9 Å². The van der Waals surface area contributed by atoms with Gasteiger partial charge in [0.25, 0.3) is 0 Å². The molecule has 0 aliphatic heterocycles. The molecule has 0 aromatic carbocycles. The van der Waals surface area contributed by atoms with E-state index in [9.17, 15) is 28.8 Å². The summed E-state index contributed by atoms with van der Waals surface area (Å²) < 4.78 is 39.1. The van der Waals surface area contributed by atoms with E-state index in [0.29, 0.717) is 6.42 Å². The van der Waals surface area contributed by atoms with Crippen molar-refractivity contribution in [2.75, 3.05) is 52.9 Å². The highest BCUT2D eigenvalue weighted by Gasteiger charge is 2.41. The molecule has 0 heterocycles. The molecule has 0 N–H and O–H groups in total. The standard InChI is InChI=1S/C41H62O13/c1-12-13-14-15-16-17-18-19-20-34(42)49-23-40(24-50-35(43)29(2)3,25-51-36(44)30(4)5)21-48-22-41(26-52-37(45)31(6)7,27-53-38(46)32(8)9)28-54-39(47)33(10)11/h2,4,6,8,10,12-28H2,1,3,5,7,9,11H3. The maximum atomic E-state index is 12.9. The molecular formula is C41H62O13. The third-order valence-electron chi connectivity index (χ3n) is 7.88. The molecule has 0 rings (SSSR count). The fourth-order valence-corrected chi connectivity index (χ4v) is 4.40. The third-order valence-corrected chi connectivity index (χ3v) is 7.88. The number of carbonyl (C=O) groups excluding carboxylic acids is 6. The van der Waals surface area contributed by atoms with Crippen molar-refractivity contribution in [3.05, 3.63) is 60.8 Å². The molecule has 0 aliphatic rings. The molecule has 0 saturated carbocycles. The van der Waals surface area contributed by atoms with Crippen molar-refractivity contribution in [3.8, 4) is 0 Å². The van der Waals surface area contributed by atoms with Crippen molar-refractivity contribution in [2.45, 2.75) is 99.3 Å². The van der Waals surface area contributed by atoms with E-state index in [1.807, 2.05) is 0 Å². The van der Waals surface area contributed by atoms with Gasteiger partial charge in [-0.05, 0) is 41.0 Å². The molecule has 0 atom stereocenters. The van der Waals surface area contributed by atoms with Gasteiger partial charge in [-0.25, -0.2) is 24.0 Å². The number of unbranched alkanes of at least 4 members (excludes halogenated alkanes) is 7. The maximum absolute atomic E-state index is 12.9. The van der Waals surface area contributed by atoms with Gasteiger partial charge < -0.3 is 33.2 Å². The van der Waals surface area contributed by atoms with Crippen molar-refractivity contribution >= 4 is 35.8 Å². The van der Waals surface area contributed by atoms with Crippen LogP contribution in [0.25, 0.3) is 0 Å². The Balaban J connectivity index is 6.50. The predicted molar refractivity (Wildman–Crippen MR) is 203 cm³/mol. The Morgan fingerprint density at radius 3 is 0.926 bits per heavy atom. The minimum Gasteiger partial charge on any atom is -0.465 e. The molecule has 0 unspecified atom stereocenters. The molecule has 0 bridgehead atoms. The summed E-state index contributed by atoms with van der Waals surface area (Å²) in [7, 11) is 0. The lowest BCUT2D eigenvalue weighted by atomic mass is 9.90. The molecule has 0 aliphatic carbocycles. The second-order valence-electron chi connectivity index (χ2n) is 14.2. The highest BCUT2D eigenvalue weighted by molar-refractivity contribution is 5.88. The molecule has 54 heavy (non-hydrogen) atoms. The van der Waals surface area contributed by atoms with Gasteiger partial charge in [-0.15, -0.1) is 0 Å². The van der Waals surface area contributed by atoms with Crippen LogP contribution in [0.1, 0.15) is 99.3 Å². The zero-order valence-electron chi connectivity index (χ0n) is 33.4. The van der Waals surface area contributed by atoms with E-state index < -0.39 is 92.9 Å². The van der Waals surface area contributed by atoms with E-state index in [1.54, 1.807) is 0 Å². The fraction of sp³-hybridized carbons (Fsp3) is 0.610. The lowest BCUT2D eigenvalue weighted by Crippen LogP contribution is -2.47. The molecule has 304 valence electrons. The second kappa shape index (κ2) is 26.3. The van der Waals surface area contributed by atoms with E-state index in [2.05, 4.69) is 39.8 Å². The highest BCUT2D eigenvalue weighted by Crippen LogP contribution is 2.27. The van der Waals surface area contributed by atoms with Gasteiger partial charge >= 0.3 is 35.8 Å². The van der Waals surface area contributed by atoms with Crippen LogP contribution in [0.5, 0.6) is 0 Å². The van der Waals surface area contributed by atoms with E-state index in [1.165, 1.54) is 53.9 Å². The molecule has 0 fully saturated rings. The zero-order valence-corrected chi connectivity index (χ0v) is 33.4. The van der Waals surface area contributed by atoms with Crippen LogP contribution in [0.3, 0.4) is 0 Å². The molecule has 0 aromatic rings. The SMILES string of the molecule is C=C(C)C(=O)OCC(COCC(COC(=O)C(=C)C)(COC(=O)C(=C)C)COC(=O)C(=C)C)(COC(=O)CCCCCCCCCC)COC(=O)C(=C)C. The van der Waals surface area contributed by atoms with Gasteiger partial charge in [0.2, 0.25) is 0 Å². The topological polar surface area (TPSA) is 167 Å². The van der Waals surface area contributed by atoms with E-state index in [4.69, 9.17) is 33.2 Å². The number of hydrogen-bond donors (Lipinski definition) is 0. The van der Waals surface area contributed by atoms with Crippen molar-refractivity contribution in [3.63, 3.8) is 0 Å². The predicted octanol–water partition coefficient (Wildman–Crippen LogP) is 6.65. The average Bonchev–Trinajstić information content (AvgIpc) is 3.12. The Hall–Kier alpha value is -4.52. The Labute approximate surface area is 321 Å². The van der Waals surface area contributed by atoms with Crippen molar-refractivity contribution in [1.29, 1.82) is 0 Å². The maximum Gasteiger partial charge on any atom is 0.333 e. The van der Waals surface area contributed by atoms with Crippen LogP contribution in [-0.2, 0) is 61.9 Å². The van der Waals surface area contributed by atoms with Gasteiger partial charge in [0, 0.05) is 34.3 Å². The molecule has 0 spiro atoms. The van der Waals surface area contributed by atoms with Gasteiger partial charge in [-0.1, -0.05) is 84.8 Å².